The molecule has 3 rings (SSSR count). The lowest BCUT2D eigenvalue weighted by molar-refractivity contribution is -0.136. The second kappa shape index (κ2) is 6.73. The predicted molar refractivity (Wildman–Crippen MR) is 90.1 cm³/mol. The number of fused-ring (bicyclic) bond motifs is 2. The number of nitrogens with one attached hydrogen (secondary N) is 2. The highest BCUT2D eigenvalue weighted by atomic mass is 32.2. The van der Waals surface area contributed by atoms with E-state index in [-0.39, 0.29) is 23.8 Å². The van der Waals surface area contributed by atoms with E-state index >= 15 is 0 Å². The van der Waals surface area contributed by atoms with Crippen LogP contribution >= 0.6 is 0 Å². The molecule has 1 aromatic carbocycles. The van der Waals surface area contributed by atoms with Crippen LogP contribution in [0.15, 0.2) is 24.3 Å². The fourth-order valence-corrected chi connectivity index (χ4v) is 5.44. The Labute approximate surface area is 149 Å². The SMILES string of the molecule is CS(=O)(=O)N1[C@H]2CC[C@H]1CC(NC(=O)Nc1ccccc1C(F)(F)F)C2. The molecule has 2 fully saturated rings. The minimum absolute atomic E-state index is 0.170. The lowest BCUT2D eigenvalue weighted by atomic mass is 10.00. The van der Waals surface area contributed by atoms with E-state index in [1.165, 1.54) is 28.8 Å². The molecule has 0 unspecified atom stereocenters. The number of hydrogen-bond donors (Lipinski definition) is 2. The van der Waals surface area contributed by atoms with Crippen LogP contribution in [0.4, 0.5) is 23.7 Å². The molecule has 0 spiro atoms. The number of benzene rings is 1. The van der Waals surface area contributed by atoms with Gasteiger partial charge >= 0.3 is 12.2 Å². The Kier molecular flexibility index (Phi) is 4.91. The van der Waals surface area contributed by atoms with Gasteiger partial charge in [0.25, 0.3) is 0 Å². The largest absolute Gasteiger partial charge is 0.418 e. The summed E-state index contributed by atoms with van der Waals surface area (Å²) in [6.07, 6.45) is -1.02. The van der Waals surface area contributed by atoms with Crippen molar-refractivity contribution in [3.63, 3.8) is 0 Å². The van der Waals surface area contributed by atoms with E-state index in [4.69, 9.17) is 0 Å². The number of carbonyl (C=O) groups is 1. The average molecular weight is 391 g/mol. The van der Waals surface area contributed by atoms with E-state index in [0.717, 1.165) is 18.9 Å². The number of urea groups is 1. The summed E-state index contributed by atoms with van der Waals surface area (Å²) in [6, 6.07) is 3.43. The highest BCUT2D eigenvalue weighted by molar-refractivity contribution is 7.88. The molecule has 0 aliphatic carbocycles. The van der Waals surface area contributed by atoms with Crippen molar-refractivity contribution in [1.82, 2.24) is 9.62 Å². The second-order valence-corrected chi connectivity index (χ2v) is 8.68. The normalized spacial score (nSPS) is 26.5. The molecule has 2 aliphatic heterocycles. The fourth-order valence-electron chi connectivity index (χ4n) is 3.98. The van der Waals surface area contributed by atoms with E-state index in [1.807, 2.05) is 0 Å². The van der Waals surface area contributed by atoms with Crippen molar-refractivity contribution in [2.75, 3.05) is 11.6 Å². The molecule has 2 saturated heterocycles. The van der Waals surface area contributed by atoms with Gasteiger partial charge in [0, 0.05) is 18.1 Å². The van der Waals surface area contributed by atoms with Crippen LogP contribution in [0.1, 0.15) is 31.2 Å². The van der Waals surface area contributed by atoms with Crippen LogP contribution in [-0.2, 0) is 16.2 Å². The third-order valence-electron chi connectivity index (χ3n) is 4.86. The standard InChI is InChI=1S/C16H20F3N3O3S/c1-26(24,25)22-11-6-7-12(22)9-10(8-11)20-15(23)21-14-5-3-2-4-13(14)16(17,18)19/h2-5,10-12H,6-9H2,1H3,(H2,20,21,23)/t11-,12-/m0/s1. The number of rotatable bonds is 3. The molecule has 2 heterocycles. The number of halogens is 3. The zero-order chi connectivity index (χ0) is 19.1. The Morgan fingerprint density at radius 1 is 1.15 bits per heavy atom. The molecule has 6 nitrogen and oxygen atoms in total. The Morgan fingerprint density at radius 2 is 1.73 bits per heavy atom. The molecule has 1 aromatic rings. The van der Waals surface area contributed by atoms with Crippen LogP contribution in [0.5, 0.6) is 0 Å². The van der Waals surface area contributed by atoms with Gasteiger partial charge in [-0.3, -0.25) is 0 Å². The van der Waals surface area contributed by atoms with Gasteiger partial charge in [-0.1, -0.05) is 12.1 Å². The van der Waals surface area contributed by atoms with Crippen LogP contribution in [0.25, 0.3) is 0 Å². The number of nitrogens with zero attached hydrogens (tertiary/aromatic N) is 1. The fraction of sp³-hybridized carbons (Fsp3) is 0.562. The lowest BCUT2D eigenvalue weighted by Crippen LogP contribution is -2.52. The molecule has 0 saturated carbocycles. The summed E-state index contributed by atoms with van der Waals surface area (Å²) in [5.41, 5.74) is -1.23. The molecule has 2 bridgehead atoms. The van der Waals surface area contributed by atoms with E-state index < -0.39 is 27.8 Å². The van der Waals surface area contributed by atoms with Crippen LogP contribution < -0.4 is 10.6 Å². The van der Waals surface area contributed by atoms with Gasteiger partial charge in [-0.15, -0.1) is 0 Å². The van der Waals surface area contributed by atoms with Gasteiger partial charge in [-0.2, -0.15) is 17.5 Å². The number of sulfonamides is 1. The Hall–Kier alpha value is -1.81. The summed E-state index contributed by atoms with van der Waals surface area (Å²) >= 11 is 0. The maximum Gasteiger partial charge on any atom is 0.418 e. The smallest absolute Gasteiger partial charge is 0.335 e. The van der Waals surface area contributed by atoms with Crippen molar-refractivity contribution >= 4 is 21.7 Å². The summed E-state index contributed by atoms with van der Waals surface area (Å²) in [4.78, 5) is 12.2. The summed E-state index contributed by atoms with van der Waals surface area (Å²) in [7, 11) is -3.30. The topological polar surface area (TPSA) is 78.5 Å². The molecule has 2 N–H and O–H groups in total. The van der Waals surface area contributed by atoms with Gasteiger partial charge in [0.2, 0.25) is 10.0 Å². The number of alkyl halides is 3. The summed E-state index contributed by atoms with van der Waals surface area (Å²) in [5.74, 6) is 0. The lowest BCUT2D eigenvalue weighted by Gasteiger charge is -2.37. The maximum absolute atomic E-state index is 13.0. The van der Waals surface area contributed by atoms with Gasteiger partial charge in [0.05, 0.1) is 17.5 Å². The molecule has 2 aliphatic rings. The first-order valence-electron chi connectivity index (χ1n) is 8.28. The molecule has 144 valence electrons. The van der Waals surface area contributed by atoms with Crippen molar-refractivity contribution < 1.29 is 26.4 Å². The first-order chi connectivity index (χ1) is 12.1. The van der Waals surface area contributed by atoms with E-state index in [2.05, 4.69) is 10.6 Å². The quantitative estimate of drug-likeness (QED) is 0.832. The number of anilines is 1. The van der Waals surface area contributed by atoms with Crippen molar-refractivity contribution in [1.29, 1.82) is 0 Å². The van der Waals surface area contributed by atoms with Gasteiger partial charge in [-0.05, 0) is 37.8 Å². The van der Waals surface area contributed by atoms with Gasteiger partial charge < -0.3 is 10.6 Å². The molecule has 10 heteroatoms. The van der Waals surface area contributed by atoms with Crippen molar-refractivity contribution in [2.24, 2.45) is 0 Å². The maximum atomic E-state index is 13.0. The molecule has 2 atom stereocenters. The Bertz CT molecular complexity index is 783. The minimum atomic E-state index is -4.57. The molecule has 2 amide bonds. The number of carbonyl (C=O) groups excluding carboxylic acids is 1. The van der Waals surface area contributed by atoms with Crippen LogP contribution in [-0.4, -0.2) is 43.1 Å². The third-order valence-corrected chi connectivity index (χ3v) is 6.23. The Morgan fingerprint density at radius 3 is 2.27 bits per heavy atom. The van der Waals surface area contributed by atoms with E-state index in [1.54, 1.807) is 0 Å². The van der Waals surface area contributed by atoms with E-state index in [9.17, 15) is 26.4 Å². The zero-order valence-corrected chi connectivity index (χ0v) is 14.9. The van der Waals surface area contributed by atoms with Gasteiger partial charge in [0.15, 0.2) is 0 Å². The summed E-state index contributed by atoms with van der Waals surface area (Å²) in [5, 5.41) is 4.93. The van der Waals surface area contributed by atoms with Crippen molar-refractivity contribution in [3.05, 3.63) is 29.8 Å². The van der Waals surface area contributed by atoms with Crippen molar-refractivity contribution in [2.45, 2.75) is 50.0 Å². The number of para-hydroxylation sites is 1. The molecule has 0 radical (unpaired) electrons. The molecular formula is C16H20F3N3O3S. The Balaban J connectivity index is 1.65. The number of amides is 2. The monoisotopic (exact) mass is 391 g/mol. The summed E-state index contributed by atoms with van der Waals surface area (Å²) < 4.78 is 64.2. The molecular weight excluding hydrogens is 371 g/mol. The van der Waals surface area contributed by atoms with Crippen LogP contribution in [0, 0.1) is 0 Å². The minimum Gasteiger partial charge on any atom is -0.335 e. The van der Waals surface area contributed by atoms with Gasteiger partial charge in [0.1, 0.15) is 0 Å². The third kappa shape index (κ3) is 3.96. The zero-order valence-electron chi connectivity index (χ0n) is 14.1. The van der Waals surface area contributed by atoms with E-state index in [0.29, 0.717) is 12.8 Å². The summed E-state index contributed by atoms with van der Waals surface area (Å²) in [6.45, 7) is 0. The number of hydrogen-bond acceptors (Lipinski definition) is 3. The molecule has 0 aromatic heterocycles. The van der Waals surface area contributed by atoms with Crippen molar-refractivity contribution in [3.8, 4) is 0 Å². The average Bonchev–Trinajstić information content (AvgIpc) is 2.79. The van der Waals surface area contributed by atoms with Gasteiger partial charge in [-0.25, -0.2) is 13.2 Å². The number of piperidine rings is 1. The van der Waals surface area contributed by atoms with Crippen LogP contribution in [0.3, 0.4) is 0 Å². The predicted octanol–water partition coefficient (Wildman–Crippen LogP) is 2.78. The first-order valence-corrected chi connectivity index (χ1v) is 10.1. The highest BCUT2D eigenvalue weighted by Gasteiger charge is 2.45. The first kappa shape index (κ1) is 19.0. The molecule has 26 heavy (non-hydrogen) atoms. The van der Waals surface area contributed by atoms with Crippen LogP contribution in [0.2, 0.25) is 0 Å². The second-order valence-electron chi connectivity index (χ2n) is 6.79. The highest BCUT2D eigenvalue weighted by Crippen LogP contribution is 2.38.